The van der Waals surface area contributed by atoms with Gasteiger partial charge in [-0.1, -0.05) is 55.8 Å². The third kappa shape index (κ3) is 3.83. The number of carbonyl (C=O) groups is 1. The van der Waals surface area contributed by atoms with Crippen LogP contribution < -0.4 is 0 Å². The highest BCUT2D eigenvalue weighted by Gasteiger charge is 2.24. The number of piperazine rings is 1. The van der Waals surface area contributed by atoms with Gasteiger partial charge >= 0.3 is 0 Å². The molecule has 1 amide bonds. The van der Waals surface area contributed by atoms with Gasteiger partial charge in [0.1, 0.15) is 5.69 Å². The van der Waals surface area contributed by atoms with Crippen LogP contribution in [0.25, 0.3) is 10.9 Å². The number of carbonyl (C=O) groups excluding carboxylic acids is 1. The smallest absolute Gasteiger partial charge is 0.270 e. The maximum Gasteiger partial charge on any atom is 0.270 e. The molecule has 0 spiro atoms. The van der Waals surface area contributed by atoms with Gasteiger partial charge in [0.2, 0.25) is 0 Å². The summed E-state index contributed by atoms with van der Waals surface area (Å²) in [6, 6.07) is 19.2. The Morgan fingerprint density at radius 3 is 2.29 bits per heavy atom. The van der Waals surface area contributed by atoms with Gasteiger partial charge in [-0.25, -0.2) is 0 Å². The van der Waals surface area contributed by atoms with Crippen molar-refractivity contribution in [1.29, 1.82) is 0 Å². The fourth-order valence-corrected chi connectivity index (χ4v) is 4.12. The van der Waals surface area contributed by atoms with E-state index in [0.717, 1.165) is 55.7 Å². The van der Waals surface area contributed by atoms with Gasteiger partial charge in [-0.3, -0.25) is 9.69 Å². The zero-order chi connectivity index (χ0) is 19.5. The Kier molecular flexibility index (Phi) is 5.49. The summed E-state index contributed by atoms with van der Waals surface area (Å²) in [6.45, 7) is 6.59. The number of nitrogens with zero attached hydrogens (tertiary/aromatic N) is 3. The Labute approximate surface area is 167 Å². The Hall–Kier alpha value is -2.59. The maximum absolute atomic E-state index is 13.0. The molecule has 0 radical (unpaired) electrons. The van der Waals surface area contributed by atoms with Gasteiger partial charge in [0, 0.05) is 50.7 Å². The van der Waals surface area contributed by atoms with E-state index < -0.39 is 0 Å². The molecule has 2 aromatic carbocycles. The fraction of sp³-hybridized carbons (Fsp3) is 0.375. The number of para-hydroxylation sites is 1. The van der Waals surface area contributed by atoms with Crippen LogP contribution in [0.2, 0.25) is 0 Å². The van der Waals surface area contributed by atoms with Crippen molar-refractivity contribution < 1.29 is 4.79 Å². The van der Waals surface area contributed by atoms with E-state index in [9.17, 15) is 4.79 Å². The maximum atomic E-state index is 13.0. The molecule has 0 aliphatic carbocycles. The first kappa shape index (κ1) is 18.8. The van der Waals surface area contributed by atoms with E-state index in [-0.39, 0.29) is 5.91 Å². The normalized spacial score (nSPS) is 15.3. The summed E-state index contributed by atoms with van der Waals surface area (Å²) in [5, 5.41) is 1.12. The average molecular weight is 376 g/mol. The van der Waals surface area contributed by atoms with Crippen LogP contribution in [-0.2, 0) is 20.0 Å². The molecule has 0 saturated carbocycles. The summed E-state index contributed by atoms with van der Waals surface area (Å²) in [5.41, 5.74) is 4.65. The number of benzene rings is 2. The van der Waals surface area contributed by atoms with Gasteiger partial charge in [0.05, 0.1) is 0 Å². The SMILES string of the molecule is CCCc1ccc(CN2CCN(C(=O)c3cc4ccccc4n3C)CC2)cc1. The first-order valence-corrected chi connectivity index (χ1v) is 10.3. The summed E-state index contributed by atoms with van der Waals surface area (Å²) in [4.78, 5) is 17.5. The van der Waals surface area contributed by atoms with Crippen molar-refractivity contribution in [3.8, 4) is 0 Å². The van der Waals surface area contributed by atoms with Gasteiger partial charge in [-0.2, -0.15) is 0 Å². The van der Waals surface area contributed by atoms with E-state index >= 15 is 0 Å². The van der Waals surface area contributed by atoms with Crippen molar-refractivity contribution in [2.45, 2.75) is 26.3 Å². The van der Waals surface area contributed by atoms with E-state index in [1.54, 1.807) is 0 Å². The lowest BCUT2D eigenvalue weighted by Gasteiger charge is -2.34. The number of fused-ring (bicyclic) bond motifs is 1. The van der Waals surface area contributed by atoms with Crippen molar-refractivity contribution in [2.24, 2.45) is 7.05 Å². The first-order chi connectivity index (χ1) is 13.7. The van der Waals surface area contributed by atoms with Gasteiger partial charge in [0.25, 0.3) is 5.91 Å². The summed E-state index contributed by atoms with van der Waals surface area (Å²) in [7, 11) is 1.98. The number of hydrogen-bond donors (Lipinski definition) is 0. The quantitative estimate of drug-likeness (QED) is 0.672. The molecule has 3 aromatic rings. The van der Waals surface area contributed by atoms with E-state index in [4.69, 9.17) is 0 Å². The highest BCUT2D eigenvalue weighted by Crippen LogP contribution is 2.20. The largest absolute Gasteiger partial charge is 0.340 e. The Morgan fingerprint density at radius 2 is 1.61 bits per heavy atom. The van der Waals surface area contributed by atoms with Crippen LogP contribution in [0, 0.1) is 0 Å². The fourth-order valence-electron chi connectivity index (χ4n) is 4.12. The van der Waals surface area contributed by atoms with Crippen molar-refractivity contribution in [3.05, 3.63) is 71.4 Å². The first-order valence-electron chi connectivity index (χ1n) is 10.3. The highest BCUT2D eigenvalue weighted by atomic mass is 16.2. The third-order valence-corrected chi connectivity index (χ3v) is 5.80. The van der Waals surface area contributed by atoms with E-state index in [1.165, 1.54) is 17.5 Å². The monoisotopic (exact) mass is 375 g/mol. The predicted molar refractivity (Wildman–Crippen MR) is 115 cm³/mol. The van der Waals surface area contributed by atoms with Gasteiger partial charge in [-0.15, -0.1) is 0 Å². The standard InChI is InChI=1S/C24H29N3O/c1-3-6-19-9-11-20(12-10-19)18-26-13-15-27(16-14-26)24(28)23-17-21-7-4-5-8-22(21)25(23)2/h4-5,7-12,17H,3,6,13-16,18H2,1-2H3. The van der Waals surface area contributed by atoms with Crippen molar-refractivity contribution in [2.75, 3.05) is 26.2 Å². The van der Waals surface area contributed by atoms with E-state index in [0.29, 0.717) is 0 Å². The minimum absolute atomic E-state index is 0.141. The molecule has 0 atom stereocenters. The number of amides is 1. The van der Waals surface area contributed by atoms with Crippen molar-refractivity contribution >= 4 is 16.8 Å². The molecule has 4 heteroatoms. The van der Waals surface area contributed by atoms with Crippen molar-refractivity contribution in [3.63, 3.8) is 0 Å². The number of hydrogen-bond acceptors (Lipinski definition) is 2. The van der Waals surface area contributed by atoms with Crippen LogP contribution in [0.5, 0.6) is 0 Å². The molecule has 1 saturated heterocycles. The molecule has 0 bridgehead atoms. The molecule has 1 aromatic heterocycles. The lowest BCUT2D eigenvalue weighted by Crippen LogP contribution is -2.48. The van der Waals surface area contributed by atoms with Gasteiger partial charge < -0.3 is 9.47 Å². The number of aromatic nitrogens is 1. The average Bonchev–Trinajstić information content (AvgIpc) is 3.07. The second kappa shape index (κ2) is 8.19. The van der Waals surface area contributed by atoms with Crippen LogP contribution in [0.4, 0.5) is 0 Å². The Balaban J connectivity index is 1.36. The second-order valence-electron chi connectivity index (χ2n) is 7.78. The molecule has 0 unspecified atom stereocenters. The molecule has 4 rings (SSSR count). The van der Waals surface area contributed by atoms with Crippen LogP contribution in [0.15, 0.2) is 54.6 Å². The van der Waals surface area contributed by atoms with Crippen LogP contribution in [-0.4, -0.2) is 46.5 Å². The molecule has 4 nitrogen and oxygen atoms in total. The summed E-state index contributed by atoms with van der Waals surface area (Å²) in [6.07, 6.45) is 2.33. The Morgan fingerprint density at radius 1 is 0.929 bits per heavy atom. The molecule has 1 aliphatic rings. The lowest BCUT2D eigenvalue weighted by molar-refractivity contribution is 0.0619. The summed E-state index contributed by atoms with van der Waals surface area (Å²) >= 11 is 0. The van der Waals surface area contributed by atoms with Crippen molar-refractivity contribution in [1.82, 2.24) is 14.4 Å². The third-order valence-electron chi connectivity index (χ3n) is 5.80. The summed E-state index contributed by atoms with van der Waals surface area (Å²) < 4.78 is 2.02. The molecule has 146 valence electrons. The minimum Gasteiger partial charge on any atom is -0.340 e. The molecular weight excluding hydrogens is 346 g/mol. The van der Waals surface area contributed by atoms with Gasteiger partial charge in [0.15, 0.2) is 0 Å². The van der Waals surface area contributed by atoms with Crippen LogP contribution in [0.3, 0.4) is 0 Å². The molecule has 0 N–H and O–H groups in total. The highest BCUT2D eigenvalue weighted by molar-refractivity contribution is 5.98. The molecule has 2 heterocycles. The minimum atomic E-state index is 0.141. The lowest BCUT2D eigenvalue weighted by atomic mass is 10.1. The molecule has 1 fully saturated rings. The van der Waals surface area contributed by atoms with E-state index in [1.807, 2.05) is 34.7 Å². The molecular formula is C24H29N3O. The molecule has 28 heavy (non-hydrogen) atoms. The number of aryl methyl sites for hydroxylation is 2. The zero-order valence-electron chi connectivity index (χ0n) is 16.9. The van der Waals surface area contributed by atoms with Crippen LogP contribution in [0.1, 0.15) is 35.0 Å². The second-order valence-corrected chi connectivity index (χ2v) is 7.78. The zero-order valence-corrected chi connectivity index (χ0v) is 16.9. The van der Waals surface area contributed by atoms with Gasteiger partial charge in [-0.05, 0) is 29.7 Å². The topological polar surface area (TPSA) is 28.5 Å². The van der Waals surface area contributed by atoms with Crippen LogP contribution >= 0.6 is 0 Å². The summed E-state index contributed by atoms with van der Waals surface area (Å²) in [5.74, 6) is 0.141. The number of rotatable bonds is 5. The predicted octanol–water partition coefficient (Wildman–Crippen LogP) is 4.09. The Bertz CT molecular complexity index is 950. The van der Waals surface area contributed by atoms with E-state index in [2.05, 4.69) is 48.2 Å². The molecule has 1 aliphatic heterocycles.